The number of fused-ring (bicyclic) bond motifs is 1. The van der Waals surface area contributed by atoms with Gasteiger partial charge in [0.2, 0.25) is 0 Å². The lowest BCUT2D eigenvalue weighted by Gasteiger charge is -1.96. The Morgan fingerprint density at radius 3 is 2.43 bits per heavy atom. The average molecular weight is 193 g/mol. The molecule has 1 aromatic heterocycles. The summed E-state index contributed by atoms with van der Waals surface area (Å²) in [5.41, 5.74) is 1.81. The fourth-order valence-corrected chi connectivity index (χ4v) is 1.62. The Balaban J connectivity index is 0.000000461. The maximum Gasteiger partial charge on any atom is 0.147 e. The zero-order chi connectivity index (χ0) is 10.7. The van der Waals surface area contributed by atoms with Crippen LogP contribution in [0.3, 0.4) is 0 Å². The molecule has 2 rings (SSSR count). The van der Waals surface area contributed by atoms with Gasteiger partial charge in [0.1, 0.15) is 5.82 Å². The van der Waals surface area contributed by atoms with E-state index >= 15 is 0 Å². The first-order valence-corrected chi connectivity index (χ1v) is 4.90. The van der Waals surface area contributed by atoms with Gasteiger partial charge in [-0.3, -0.25) is 0 Å². The summed E-state index contributed by atoms with van der Waals surface area (Å²) in [6.07, 6.45) is 1.94. The second kappa shape index (κ2) is 4.27. The van der Waals surface area contributed by atoms with E-state index in [0.29, 0.717) is 5.52 Å². The van der Waals surface area contributed by atoms with Crippen LogP contribution in [0.1, 0.15) is 19.4 Å². The summed E-state index contributed by atoms with van der Waals surface area (Å²) in [6.45, 7) is 5.99. The van der Waals surface area contributed by atoms with Gasteiger partial charge in [0.05, 0.1) is 5.52 Å². The van der Waals surface area contributed by atoms with Gasteiger partial charge in [-0.15, -0.1) is 0 Å². The molecule has 0 aliphatic carbocycles. The summed E-state index contributed by atoms with van der Waals surface area (Å²) in [6, 6.07) is 5.17. The van der Waals surface area contributed by atoms with Crippen LogP contribution in [0.4, 0.5) is 4.39 Å². The van der Waals surface area contributed by atoms with E-state index in [2.05, 4.69) is 0 Å². The first-order chi connectivity index (χ1) is 6.70. The van der Waals surface area contributed by atoms with Crippen molar-refractivity contribution in [1.29, 1.82) is 0 Å². The molecule has 14 heavy (non-hydrogen) atoms. The molecule has 0 fully saturated rings. The predicted molar refractivity (Wildman–Crippen MR) is 59.0 cm³/mol. The Morgan fingerprint density at radius 2 is 1.86 bits per heavy atom. The first kappa shape index (κ1) is 10.8. The molecule has 76 valence electrons. The van der Waals surface area contributed by atoms with Crippen LogP contribution in [-0.4, -0.2) is 4.57 Å². The lowest BCUT2D eigenvalue weighted by Crippen LogP contribution is -1.86. The molecule has 2 aromatic rings. The van der Waals surface area contributed by atoms with Gasteiger partial charge in [-0.05, 0) is 18.6 Å². The zero-order valence-corrected chi connectivity index (χ0v) is 9.13. The van der Waals surface area contributed by atoms with Crippen molar-refractivity contribution in [1.82, 2.24) is 4.57 Å². The molecule has 0 N–H and O–H groups in total. The third-order valence-electron chi connectivity index (χ3n) is 2.15. The molecule has 0 aliphatic heterocycles. The number of para-hydroxylation sites is 1. The van der Waals surface area contributed by atoms with Crippen molar-refractivity contribution in [3.8, 4) is 0 Å². The third-order valence-corrected chi connectivity index (χ3v) is 2.15. The number of benzene rings is 1. The second-order valence-electron chi connectivity index (χ2n) is 3.06. The SMILES string of the molecule is CC.Cc1cn(C)c2c(F)cccc12. The first-order valence-electron chi connectivity index (χ1n) is 4.90. The second-order valence-corrected chi connectivity index (χ2v) is 3.06. The minimum absolute atomic E-state index is 0.150. The minimum Gasteiger partial charge on any atom is -0.348 e. The van der Waals surface area contributed by atoms with Gasteiger partial charge < -0.3 is 4.57 Å². The van der Waals surface area contributed by atoms with Gasteiger partial charge in [-0.2, -0.15) is 0 Å². The Morgan fingerprint density at radius 1 is 1.21 bits per heavy atom. The molecule has 2 heteroatoms. The number of aromatic nitrogens is 1. The van der Waals surface area contributed by atoms with Crippen LogP contribution in [-0.2, 0) is 7.05 Å². The highest BCUT2D eigenvalue weighted by Crippen LogP contribution is 2.21. The standard InChI is InChI=1S/C10H10FN.C2H6/c1-7-6-12(2)10-8(7)4-3-5-9(10)11;1-2/h3-6H,1-2H3;1-2H3. The van der Waals surface area contributed by atoms with Gasteiger partial charge in [0, 0.05) is 18.6 Å². The van der Waals surface area contributed by atoms with Crippen molar-refractivity contribution in [3.05, 3.63) is 35.8 Å². The fourth-order valence-electron chi connectivity index (χ4n) is 1.62. The summed E-state index contributed by atoms with van der Waals surface area (Å²) in [7, 11) is 1.86. The summed E-state index contributed by atoms with van der Waals surface area (Å²) in [4.78, 5) is 0. The van der Waals surface area contributed by atoms with E-state index in [1.165, 1.54) is 6.07 Å². The van der Waals surface area contributed by atoms with E-state index in [0.717, 1.165) is 10.9 Å². The Kier molecular flexibility index (Phi) is 3.28. The smallest absolute Gasteiger partial charge is 0.147 e. The van der Waals surface area contributed by atoms with E-state index in [-0.39, 0.29) is 5.82 Å². The monoisotopic (exact) mass is 193 g/mol. The van der Waals surface area contributed by atoms with Gasteiger partial charge in [-0.25, -0.2) is 4.39 Å². The molecular weight excluding hydrogens is 177 g/mol. The van der Waals surface area contributed by atoms with Gasteiger partial charge in [0.15, 0.2) is 0 Å². The van der Waals surface area contributed by atoms with Crippen molar-refractivity contribution < 1.29 is 4.39 Å². The highest BCUT2D eigenvalue weighted by Gasteiger charge is 2.05. The van der Waals surface area contributed by atoms with Gasteiger partial charge >= 0.3 is 0 Å². The maximum atomic E-state index is 13.2. The molecule has 0 atom stereocenters. The molecule has 0 bridgehead atoms. The molecule has 0 aliphatic rings. The lowest BCUT2D eigenvalue weighted by molar-refractivity contribution is 0.632. The van der Waals surface area contributed by atoms with E-state index < -0.39 is 0 Å². The lowest BCUT2D eigenvalue weighted by atomic mass is 10.2. The summed E-state index contributed by atoms with van der Waals surface area (Å²) >= 11 is 0. The van der Waals surface area contributed by atoms with Crippen LogP contribution in [0.25, 0.3) is 10.9 Å². The molecule has 1 heterocycles. The number of nitrogens with zero attached hydrogens (tertiary/aromatic N) is 1. The Hall–Kier alpha value is -1.31. The van der Waals surface area contributed by atoms with Crippen molar-refractivity contribution in [2.24, 2.45) is 7.05 Å². The molecule has 0 unspecified atom stereocenters. The topological polar surface area (TPSA) is 4.93 Å². The Labute approximate surface area is 84.2 Å². The summed E-state index contributed by atoms with van der Waals surface area (Å²) in [5, 5.41) is 0.998. The van der Waals surface area contributed by atoms with Crippen molar-refractivity contribution >= 4 is 10.9 Å². The zero-order valence-electron chi connectivity index (χ0n) is 9.13. The molecule has 1 nitrogen and oxygen atoms in total. The van der Waals surface area contributed by atoms with Crippen LogP contribution in [0.5, 0.6) is 0 Å². The van der Waals surface area contributed by atoms with E-state index in [4.69, 9.17) is 0 Å². The van der Waals surface area contributed by atoms with E-state index in [1.54, 1.807) is 6.07 Å². The maximum absolute atomic E-state index is 13.2. The van der Waals surface area contributed by atoms with Crippen molar-refractivity contribution in [3.63, 3.8) is 0 Å². The van der Waals surface area contributed by atoms with Crippen LogP contribution in [0.2, 0.25) is 0 Å². The average Bonchev–Trinajstić information content (AvgIpc) is 2.47. The van der Waals surface area contributed by atoms with Crippen LogP contribution in [0, 0.1) is 12.7 Å². The highest BCUT2D eigenvalue weighted by atomic mass is 19.1. The summed E-state index contributed by atoms with van der Waals surface area (Å²) in [5.74, 6) is -0.150. The third kappa shape index (κ3) is 1.65. The normalized spacial score (nSPS) is 9.79. The molecule has 0 amide bonds. The predicted octanol–water partition coefficient (Wildman–Crippen LogP) is 3.65. The van der Waals surface area contributed by atoms with Gasteiger partial charge in [-0.1, -0.05) is 26.0 Å². The van der Waals surface area contributed by atoms with Crippen LogP contribution >= 0.6 is 0 Å². The number of rotatable bonds is 0. The van der Waals surface area contributed by atoms with Crippen LogP contribution < -0.4 is 0 Å². The largest absolute Gasteiger partial charge is 0.348 e. The van der Waals surface area contributed by atoms with E-state index in [9.17, 15) is 4.39 Å². The molecule has 0 radical (unpaired) electrons. The number of hydrogen-bond donors (Lipinski definition) is 0. The van der Waals surface area contributed by atoms with Crippen molar-refractivity contribution in [2.45, 2.75) is 20.8 Å². The molecule has 0 saturated heterocycles. The molecular formula is C12H16FN. The fraction of sp³-hybridized carbons (Fsp3) is 0.333. The number of aryl methyl sites for hydroxylation is 2. The van der Waals surface area contributed by atoms with E-state index in [1.807, 2.05) is 44.6 Å². The molecule has 0 spiro atoms. The Bertz CT molecular complexity index is 429. The van der Waals surface area contributed by atoms with Crippen molar-refractivity contribution in [2.75, 3.05) is 0 Å². The molecule has 0 saturated carbocycles. The van der Waals surface area contributed by atoms with Crippen LogP contribution in [0.15, 0.2) is 24.4 Å². The highest BCUT2D eigenvalue weighted by molar-refractivity contribution is 5.84. The van der Waals surface area contributed by atoms with Gasteiger partial charge in [0.25, 0.3) is 0 Å². The number of hydrogen-bond acceptors (Lipinski definition) is 0. The molecule has 1 aromatic carbocycles. The quantitative estimate of drug-likeness (QED) is 0.602. The summed E-state index contributed by atoms with van der Waals surface area (Å²) < 4.78 is 15.1. The minimum atomic E-state index is -0.150. The number of halogens is 1.